The number of hydrogen-bond donors (Lipinski definition) is 1. The average Bonchev–Trinajstić information content (AvgIpc) is 3.49. The van der Waals surface area contributed by atoms with E-state index in [2.05, 4.69) is 18.7 Å². The Morgan fingerprint density at radius 2 is 1.81 bits per heavy atom. The highest BCUT2D eigenvalue weighted by molar-refractivity contribution is 6.46. The minimum absolute atomic E-state index is 0.0258. The quantitative estimate of drug-likeness (QED) is 0.276. The molecule has 0 bridgehead atoms. The van der Waals surface area contributed by atoms with Crippen molar-refractivity contribution in [2.24, 2.45) is 0 Å². The van der Waals surface area contributed by atoms with E-state index in [1.54, 1.807) is 41.3 Å². The SMILES string of the molecule is CCOc1ccc(C2C(=C(O)c3ccc4c(c3)OCO4)C(=O)C(=O)N2CCCN(CC)CC)cc1OC. The van der Waals surface area contributed by atoms with Gasteiger partial charge in [0, 0.05) is 12.1 Å². The van der Waals surface area contributed by atoms with Gasteiger partial charge in [0.05, 0.1) is 25.3 Å². The molecule has 1 atom stereocenters. The maximum Gasteiger partial charge on any atom is 0.295 e. The second kappa shape index (κ2) is 11.6. The molecule has 0 spiro atoms. The molecule has 198 valence electrons. The first-order valence-corrected chi connectivity index (χ1v) is 12.6. The lowest BCUT2D eigenvalue weighted by molar-refractivity contribution is -0.140. The fourth-order valence-electron chi connectivity index (χ4n) is 4.79. The molecule has 0 aliphatic carbocycles. The van der Waals surface area contributed by atoms with E-state index < -0.39 is 17.7 Å². The molecule has 2 aromatic rings. The molecule has 9 heteroatoms. The Balaban J connectivity index is 1.77. The lowest BCUT2D eigenvalue weighted by Gasteiger charge is -2.27. The average molecular weight is 511 g/mol. The maximum absolute atomic E-state index is 13.3. The number of ketones is 1. The second-order valence-electron chi connectivity index (χ2n) is 8.78. The van der Waals surface area contributed by atoms with Crippen molar-refractivity contribution >= 4 is 17.4 Å². The number of benzene rings is 2. The van der Waals surface area contributed by atoms with E-state index in [1.807, 2.05) is 6.92 Å². The molecule has 2 aromatic carbocycles. The van der Waals surface area contributed by atoms with Crippen molar-refractivity contribution < 1.29 is 33.6 Å². The van der Waals surface area contributed by atoms with E-state index >= 15 is 0 Å². The molecule has 0 aromatic heterocycles. The van der Waals surface area contributed by atoms with Crippen LogP contribution >= 0.6 is 0 Å². The fourth-order valence-corrected chi connectivity index (χ4v) is 4.79. The van der Waals surface area contributed by atoms with Crippen LogP contribution in [0.3, 0.4) is 0 Å². The Morgan fingerprint density at radius 1 is 1.05 bits per heavy atom. The summed E-state index contributed by atoms with van der Waals surface area (Å²) < 4.78 is 22.0. The number of hydrogen-bond acceptors (Lipinski definition) is 8. The van der Waals surface area contributed by atoms with Crippen molar-refractivity contribution in [1.82, 2.24) is 9.80 Å². The van der Waals surface area contributed by atoms with E-state index in [0.29, 0.717) is 53.7 Å². The number of Topliss-reactive ketones (excluding diaryl/α,β-unsaturated/α-hetero) is 1. The van der Waals surface area contributed by atoms with Crippen LogP contribution in [0.1, 0.15) is 44.4 Å². The third-order valence-electron chi connectivity index (χ3n) is 6.76. The van der Waals surface area contributed by atoms with Crippen LogP contribution in [0.25, 0.3) is 5.76 Å². The molecule has 0 radical (unpaired) electrons. The Bertz CT molecular complexity index is 1190. The van der Waals surface area contributed by atoms with E-state index in [-0.39, 0.29) is 18.1 Å². The molecule has 1 saturated heterocycles. The van der Waals surface area contributed by atoms with Crippen LogP contribution in [-0.2, 0) is 9.59 Å². The van der Waals surface area contributed by atoms with Crippen molar-refractivity contribution in [3.63, 3.8) is 0 Å². The first-order chi connectivity index (χ1) is 17.9. The van der Waals surface area contributed by atoms with Crippen molar-refractivity contribution in [1.29, 1.82) is 0 Å². The van der Waals surface area contributed by atoms with Crippen LogP contribution in [-0.4, -0.2) is 73.3 Å². The van der Waals surface area contributed by atoms with E-state index in [1.165, 1.54) is 7.11 Å². The molecular formula is C28H34N2O7. The predicted octanol–water partition coefficient (Wildman–Crippen LogP) is 3.98. The van der Waals surface area contributed by atoms with Gasteiger partial charge < -0.3 is 33.9 Å². The Morgan fingerprint density at radius 3 is 2.51 bits per heavy atom. The van der Waals surface area contributed by atoms with Gasteiger partial charge in [0.2, 0.25) is 6.79 Å². The number of ether oxygens (including phenoxy) is 4. The monoisotopic (exact) mass is 510 g/mol. The van der Waals surface area contributed by atoms with Gasteiger partial charge in [0.1, 0.15) is 5.76 Å². The predicted molar refractivity (Wildman–Crippen MR) is 138 cm³/mol. The fraction of sp³-hybridized carbons (Fsp3) is 0.429. The van der Waals surface area contributed by atoms with E-state index in [9.17, 15) is 14.7 Å². The number of methoxy groups -OCH3 is 1. The number of carbonyl (C=O) groups excluding carboxylic acids is 2. The minimum Gasteiger partial charge on any atom is -0.507 e. The zero-order chi connectivity index (χ0) is 26.5. The first-order valence-electron chi connectivity index (χ1n) is 12.6. The summed E-state index contributed by atoms with van der Waals surface area (Å²) in [6, 6.07) is 9.46. The normalized spacial score (nSPS) is 18.1. The van der Waals surface area contributed by atoms with Crippen molar-refractivity contribution in [3.8, 4) is 23.0 Å². The van der Waals surface area contributed by atoms with Gasteiger partial charge in [-0.05, 0) is 68.9 Å². The summed E-state index contributed by atoms with van der Waals surface area (Å²) in [5.74, 6) is 0.438. The van der Waals surface area contributed by atoms with E-state index in [0.717, 1.165) is 19.6 Å². The zero-order valence-electron chi connectivity index (χ0n) is 21.8. The third kappa shape index (κ3) is 5.22. The van der Waals surface area contributed by atoms with Gasteiger partial charge in [-0.2, -0.15) is 0 Å². The molecule has 1 fully saturated rings. The molecular weight excluding hydrogens is 476 g/mol. The number of nitrogens with zero attached hydrogens (tertiary/aromatic N) is 2. The largest absolute Gasteiger partial charge is 0.507 e. The Labute approximate surface area is 217 Å². The summed E-state index contributed by atoms with van der Waals surface area (Å²) in [4.78, 5) is 30.4. The lowest BCUT2D eigenvalue weighted by atomic mass is 9.94. The van der Waals surface area contributed by atoms with E-state index in [4.69, 9.17) is 18.9 Å². The van der Waals surface area contributed by atoms with Crippen LogP contribution in [0, 0.1) is 0 Å². The maximum atomic E-state index is 13.3. The van der Waals surface area contributed by atoms with Gasteiger partial charge in [-0.15, -0.1) is 0 Å². The minimum atomic E-state index is -0.785. The summed E-state index contributed by atoms with van der Waals surface area (Å²) in [6.45, 7) is 9.56. The topological polar surface area (TPSA) is 97.8 Å². The number of amides is 1. The number of likely N-dealkylation sites (tertiary alicyclic amines) is 1. The van der Waals surface area contributed by atoms with Crippen molar-refractivity contribution in [2.45, 2.75) is 33.2 Å². The molecule has 2 heterocycles. The smallest absolute Gasteiger partial charge is 0.295 e. The number of aliphatic hydroxyl groups excluding tert-OH is 1. The molecule has 1 amide bonds. The molecule has 1 N–H and O–H groups in total. The van der Waals surface area contributed by atoms with Crippen molar-refractivity contribution in [2.75, 3.05) is 46.7 Å². The standard InChI is InChI=1S/C28H34N2O7/c1-5-29(6-2)13-8-14-30-25(18-9-11-20(35-7-3)22(15-18)34-4)24(27(32)28(30)33)26(31)19-10-12-21-23(16-19)37-17-36-21/h9-12,15-16,25,31H,5-8,13-14,17H2,1-4H3. The van der Waals surface area contributed by atoms with Gasteiger partial charge in [-0.25, -0.2) is 0 Å². The Hall–Kier alpha value is -3.72. The summed E-state index contributed by atoms with van der Waals surface area (Å²) in [5.41, 5.74) is 1.04. The summed E-state index contributed by atoms with van der Waals surface area (Å²) in [6.07, 6.45) is 0.684. The van der Waals surface area contributed by atoms with Gasteiger partial charge in [0.25, 0.3) is 11.7 Å². The van der Waals surface area contributed by atoms with Gasteiger partial charge in [-0.3, -0.25) is 9.59 Å². The molecule has 37 heavy (non-hydrogen) atoms. The highest BCUT2D eigenvalue weighted by Gasteiger charge is 2.46. The second-order valence-corrected chi connectivity index (χ2v) is 8.78. The number of carbonyl (C=O) groups is 2. The molecule has 0 saturated carbocycles. The van der Waals surface area contributed by atoms with Gasteiger partial charge in [-0.1, -0.05) is 19.9 Å². The highest BCUT2D eigenvalue weighted by atomic mass is 16.7. The van der Waals surface area contributed by atoms with Crippen LogP contribution in [0.4, 0.5) is 0 Å². The molecule has 2 aliphatic heterocycles. The van der Waals surface area contributed by atoms with Crippen molar-refractivity contribution in [3.05, 3.63) is 53.1 Å². The van der Waals surface area contributed by atoms with Crippen LogP contribution in [0.15, 0.2) is 42.0 Å². The molecule has 4 rings (SSSR count). The first kappa shape index (κ1) is 26.3. The zero-order valence-corrected chi connectivity index (χ0v) is 21.8. The molecule has 1 unspecified atom stereocenters. The molecule has 9 nitrogen and oxygen atoms in total. The van der Waals surface area contributed by atoms with Crippen LogP contribution in [0.5, 0.6) is 23.0 Å². The van der Waals surface area contributed by atoms with Gasteiger partial charge >= 0.3 is 0 Å². The number of fused-ring (bicyclic) bond motifs is 1. The summed E-state index contributed by atoms with van der Waals surface area (Å²) >= 11 is 0. The number of rotatable bonds is 11. The Kier molecular flexibility index (Phi) is 8.23. The molecule has 2 aliphatic rings. The van der Waals surface area contributed by atoms with Gasteiger partial charge in [0.15, 0.2) is 23.0 Å². The highest BCUT2D eigenvalue weighted by Crippen LogP contribution is 2.43. The van der Waals surface area contributed by atoms with Crippen LogP contribution < -0.4 is 18.9 Å². The number of aliphatic hydroxyl groups is 1. The summed E-state index contributed by atoms with van der Waals surface area (Å²) in [5, 5.41) is 11.4. The summed E-state index contributed by atoms with van der Waals surface area (Å²) in [7, 11) is 1.54. The third-order valence-corrected chi connectivity index (χ3v) is 6.76. The van der Waals surface area contributed by atoms with Crippen LogP contribution in [0.2, 0.25) is 0 Å². The lowest BCUT2D eigenvalue weighted by Crippen LogP contribution is -2.33.